The van der Waals surface area contributed by atoms with Crippen LogP contribution >= 0.6 is 11.3 Å². The summed E-state index contributed by atoms with van der Waals surface area (Å²) in [5, 5.41) is 15.9. The molecule has 108 valence electrons. The summed E-state index contributed by atoms with van der Waals surface area (Å²) in [5.74, 6) is 1.30. The van der Waals surface area contributed by atoms with Gasteiger partial charge in [0.05, 0.1) is 13.7 Å². The molecule has 1 aromatic carbocycles. The van der Waals surface area contributed by atoms with E-state index in [1.807, 2.05) is 6.92 Å². The van der Waals surface area contributed by atoms with Crippen LogP contribution in [0.1, 0.15) is 21.2 Å². The maximum atomic E-state index is 12.0. The maximum absolute atomic E-state index is 12.0. The Morgan fingerprint density at radius 2 is 2.10 bits per heavy atom. The van der Waals surface area contributed by atoms with E-state index in [4.69, 9.17) is 4.74 Å². The Morgan fingerprint density at radius 3 is 2.76 bits per heavy atom. The number of nitrogens with zero attached hydrogens (tertiary/aromatic N) is 4. The lowest BCUT2D eigenvalue weighted by Crippen LogP contribution is -2.22. The van der Waals surface area contributed by atoms with Crippen molar-refractivity contribution in [1.29, 1.82) is 0 Å². The average Bonchev–Trinajstić information content (AvgIpc) is 3.07. The van der Waals surface area contributed by atoms with E-state index >= 15 is 0 Å². The van der Waals surface area contributed by atoms with Crippen LogP contribution < -0.4 is 10.1 Å². The van der Waals surface area contributed by atoms with Gasteiger partial charge in [0.25, 0.3) is 5.91 Å². The summed E-state index contributed by atoms with van der Waals surface area (Å²) in [6, 6.07) is 6.94. The van der Waals surface area contributed by atoms with Crippen LogP contribution in [0.5, 0.6) is 5.75 Å². The Morgan fingerprint density at radius 1 is 1.33 bits per heavy atom. The minimum atomic E-state index is -0.152. The first-order valence-corrected chi connectivity index (χ1v) is 7.09. The number of hydrogen-bond acceptors (Lipinski definition) is 6. The number of nitrogens with one attached hydrogen (secondary N) is 1. The predicted octanol–water partition coefficient (Wildman–Crippen LogP) is 1.43. The van der Waals surface area contributed by atoms with Crippen LogP contribution in [0.25, 0.3) is 4.96 Å². The van der Waals surface area contributed by atoms with E-state index in [0.717, 1.165) is 21.5 Å². The Hall–Kier alpha value is -2.48. The molecule has 0 aliphatic carbocycles. The number of aryl methyl sites for hydroxylation is 1. The van der Waals surface area contributed by atoms with Gasteiger partial charge in [0, 0.05) is 5.56 Å². The van der Waals surface area contributed by atoms with E-state index in [-0.39, 0.29) is 5.91 Å². The van der Waals surface area contributed by atoms with Gasteiger partial charge in [-0.25, -0.2) is 0 Å². The maximum Gasteiger partial charge on any atom is 0.251 e. The molecule has 0 saturated heterocycles. The molecule has 0 aliphatic heterocycles. The molecular weight excluding hydrogens is 290 g/mol. The molecule has 2 heterocycles. The second-order valence-corrected chi connectivity index (χ2v) is 5.39. The fourth-order valence-electron chi connectivity index (χ4n) is 1.83. The summed E-state index contributed by atoms with van der Waals surface area (Å²) in [4.78, 5) is 12.8. The Bertz CT molecular complexity index is 778. The number of fused-ring (bicyclic) bond motifs is 1. The van der Waals surface area contributed by atoms with Crippen molar-refractivity contribution in [3.8, 4) is 5.75 Å². The summed E-state index contributed by atoms with van der Waals surface area (Å²) in [5.41, 5.74) is 0.579. The summed E-state index contributed by atoms with van der Waals surface area (Å²) in [7, 11) is 1.59. The molecule has 0 saturated carbocycles. The topological polar surface area (TPSA) is 81.4 Å². The lowest BCUT2D eigenvalue weighted by atomic mass is 10.2. The number of rotatable bonds is 4. The van der Waals surface area contributed by atoms with Crippen molar-refractivity contribution in [3.63, 3.8) is 0 Å². The average molecular weight is 303 g/mol. The highest BCUT2D eigenvalue weighted by atomic mass is 32.1. The molecule has 0 spiro atoms. The molecule has 1 N–H and O–H groups in total. The zero-order valence-corrected chi connectivity index (χ0v) is 12.3. The minimum absolute atomic E-state index is 0.152. The van der Waals surface area contributed by atoms with Crippen molar-refractivity contribution in [2.75, 3.05) is 7.11 Å². The fraction of sp³-hybridized carbons (Fsp3) is 0.231. The number of methoxy groups -OCH3 is 1. The first-order valence-electron chi connectivity index (χ1n) is 6.27. The van der Waals surface area contributed by atoms with Gasteiger partial charge >= 0.3 is 0 Å². The molecule has 0 atom stereocenters. The highest BCUT2D eigenvalue weighted by molar-refractivity contribution is 7.16. The van der Waals surface area contributed by atoms with Crippen molar-refractivity contribution in [3.05, 3.63) is 40.7 Å². The van der Waals surface area contributed by atoms with Gasteiger partial charge in [-0.05, 0) is 31.2 Å². The van der Waals surface area contributed by atoms with Crippen LogP contribution in [-0.2, 0) is 6.54 Å². The van der Waals surface area contributed by atoms with Gasteiger partial charge in [0.1, 0.15) is 10.8 Å². The third kappa shape index (κ3) is 2.70. The van der Waals surface area contributed by atoms with Gasteiger partial charge < -0.3 is 10.1 Å². The quantitative estimate of drug-likeness (QED) is 0.788. The highest BCUT2D eigenvalue weighted by Gasteiger charge is 2.10. The smallest absolute Gasteiger partial charge is 0.251 e. The van der Waals surface area contributed by atoms with Gasteiger partial charge in [0.2, 0.25) is 4.96 Å². The molecule has 0 radical (unpaired) electrons. The largest absolute Gasteiger partial charge is 0.497 e. The van der Waals surface area contributed by atoms with Gasteiger partial charge in [-0.1, -0.05) is 11.3 Å². The zero-order chi connectivity index (χ0) is 14.8. The SMILES string of the molecule is COc1ccc(C(=O)NCc2nn3c(C)nnc3s2)cc1. The van der Waals surface area contributed by atoms with Crippen molar-refractivity contribution >= 4 is 22.2 Å². The summed E-state index contributed by atoms with van der Waals surface area (Å²) < 4.78 is 6.72. The number of carbonyl (C=O) groups excluding carboxylic acids is 1. The Kier molecular flexibility index (Phi) is 3.53. The van der Waals surface area contributed by atoms with Crippen molar-refractivity contribution in [2.45, 2.75) is 13.5 Å². The van der Waals surface area contributed by atoms with E-state index in [1.165, 1.54) is 11.3 Å². The Labute approximate surface area is 124 Å². The van der Waals surface area contributed by atoms with Gasteiger partial charge in [-0.3, -0.25) is 4.79 Å². The second kappa shape index (κ2) is 5.49. The van der Waals surface area contributed by atoms with E-state index in [9.17, 15) is 4.79 Å². The molecular formula is C13H13N5O2S. The van der Waals surface area contributed by atoms with E-state index in [0.29, 0.717) is 12.1 Å². The standard InChI is InChI=1S/C13H13N5O2S/c1-8-15-16-13-18(8)17-11(21-13)7-14-12(19)9-3-5-10(20-2)6-4-9/h3-6H,7H2,1-2H3,(H,14,19). The fourth-order valence-corrected chi connectivity index (χ4v) is 2.64. The summed E-state index contributed by atoms with van der Waals surface area (Å²) in [6.07, 6.45) is 0. The third-order valence-electron chi connectivity index (χ3n) is 2.94. The molecule has 8 heteroatoms. The lowest BCUT2D eigenvalue weighted by Gasteiger charge is -2.04. The van der Waals surface area contributed by atoms with Gasteiger partial charge in [-0.2, -0.15) is 9.61 Å². The van der Waals surface area contributed by atoms with Crippen LogP contribution in [0.4, 0.5) is 0 Å². The van der Waals surface area contributed by atoms with Gasteiger partial charge in [0.15, 0.2) is 5.82 Å². The summed E-state index contributed by atoms with van der Waals surface area (Å²) >= 11 is 1.40. The number of carbonyl (C=O) groups is 1. The van der Waals surface area contributed by atoms with Crippen LogP contribution in [-0.4, -0.2) is 32.8 Å². The third-order valence-corrected chi connectivity index (χ3v) is 3.84. The normalized spacial score (nSPS) is 10.8. The van der Waals surface area contributed by atoms with Gasteiger partial charge in [-0.15, -0.1) is 10.2 Å². The number of hydrogen-bond donors (Lipinski definition) is 1. The number of aromatic nitrogens is 4. The molecule has 0 fully saturated rings. The van der Waals surface area contributed by atoms with Crippen LogP contribution in [0.15, 0.2) is 24.3 Å². The monoisotopic (exact) mass is 303 g/mol. The molecule has 7 nitrogen and oxygen atoms in total. The predicted molar refractivity (Wildman–Crippen MR) is 77.6 cm³/mol. The molecule has 2 aromatic heterocycles. The van der Waals surface area contributed by atoms with E-state index in [1.54, 1.807) is 35.9 Å². The van der Waals surface area contributed by atoms with Crippen molar-refractivity contribution in [2.24, 2.45) is 0 Å². The molecule has 3 aromatic rings. The molecule has 0 bridgehead atoms. The van der Waals surface area contributed by atoms with E-state index < -0.39 is 0 Å². The zero-order valence-electron chi connectivity index (χ0n) is 11.5. The van der Waals surface area contributed by atoms with Crippen LogP contribution in [0.2, 0.25) is 0 Å². The van der Waals surface area contributed by atoms with E-state index in [2.05, 4.69) is 20.6 Å². The number of ether oxygens (including phenoxy) is 1. The van der Waals surface area contributed by atoms with Crippen molar-refractivity contribution in [1.82, 2.24) is 25.1 Å². The molecule has 1 amide bonds. The first-order chi connectivity index (χ1) is 10.2. The highest BCUT2D eigenvalue weighted by Crippen LogP contribution is 2.14. The molecule has 3 rings (SSSR count). The number of amides is 1. The summed E-state index contributed by atoms with van der Waals surface area (Å²) in [6.45, 7) is 2.19. The molecule has 0 unspecified atom stereocenters. The molecule has 21 heavy (non-hydrogen) atoms. The second-order valence-electron chi connectivity index (χ2n) is 4.35. The van der Waals surface area contributed by atoms with Crippen molar-refractivity contribution < 1.29 is 9.53 Å². The Balaban J connectivity index is 1.66. The first kappa shape index (κ1) is 13.5. The lowest BCUT2D eigenvalue weighted by molar-refractivity contribution is 0.0951. The van der Waals surface area contributed by atoms with Crippen LogP contribution in [0, 0.1) is 6.92 Å². The number of benzene rings is 1. The molecule has 0 aliphatic rings. The van der Waals surface area contributed by atoms with Crippen LogP contribution in [0.3, 0.4) is 0 Å². The minimum Gasteiger partial charge on any atom is -0.497 e.